The maximum absolute atomic E-state index is 13.5. The summed E-state index contributed by atoms with van der Waals surface area (Å²) in [4.78, 5) is 31.9. The molecule has 5 N–H and O–H groups in total. The van der Waals surface area contributed by atoms with Gasteiger partial charge in [-0.1, -0.05) is 0 Å². The lowest BCUT2D eigenvalue weighted by molar-refractivity contribution is -0.384. The Morgan fingerprint density at radius 2 is 2.05 bits per heavy atom. The number of amides is 2. The maximum Gasteiger partial charge on any atom is 0.293 e. The van der Waals surface area contributed by atoms with Crippen LogP contribution in [-0.4, -0.2) is 23.3 Å². The summed E-state index contributed by atoms with van der Waals surface area (Å²) in [5.74, 6) is -2.58. The van der Waals surface area contributed by atoms with Crippen molar-refractivity contribution in [1.29, 1.82) is 0 Å². The number of nitro groups is 1. The Morgan fingerprint density at radius 1 is 1.42 bits per heavy atom. The number of nitro benzene ring substituents is 1. The summed E-state index contributed by atoms with van der Waals surface area (Å²) in [5.41, 5.74) is 8.48. The molecule has 102 valence electrons. The van der Waals surface area contributed by atoms with E-state index in [0.29, 0.717) is 0 Å². The highest BCUT2D eigenvalue weighted by atomic mass is 19.1. The number of hydrogen-bond acceptors (Lipinski definition) is 5. The van der Waals surface area contributed by atoms with E-state index in [2.05, 4.69) is 5.32 Å². The van der Waals surface area contributed by atoms with Crippen LogP contribution in [0.2, 0.25) is 0 Å². The van der Waals surface area contributed by atoms with Crippen molar-refractivity contribution in [3.63, 3.8) is 0 Å². The fourth-order valence-electron chi connectivity index (χ4n) is 1.36. The van der Waals surface area contributed by atoms with Crippen molar-refractivity contribution in [1.82, 2.24) is 5.32 Å². The van der Waals surface area contributed by atoms with Gasteiger partial charge in [-0.05, 0) is 6.07 Å². The van der Waals surface area contributed by atoms with Gasteiger partial charge in [0.25, 0.3) is 11.6 Å². The van der Waals surface area contributed by atoms with Gasteiger partial charge in [0.2, 0.25) is 5.91 Å². The molecule has 0 unspecified atom stereocenters. The van der Waals surface area contributed by atoms with Crippen LogP contribution in [0.4, 0.5) is 15.8 Å². The summed E-state index contributed by atoms with van der Waals surface area (Å²) in [6.45, 7) is -0.115. The molecule has 0 aliphatic carbocycles. The van der Waals surface area contributed by atoms with E-state index in [-0.39, 0.29) is 13.0 Å². The number of benzene rings is 1. The quantitative estimate of drug-likeness (QED) is 0.389. The molecular formula is C10H11FN4O4. The predicted molar refractivity (Wildman–Crippen MR) is 63.6 cm³/mol. The summed E-state index contributed by atoms with van der Waals surface area (Å²) in [6.07, 6.45) is -0.137. The van der Waals surface area contributed by atoms with Gasteiger partial charge < -0.3 is 16.8 Å². The van der Waals surface area contributed by atoms with Crippen LogP contribution in [0.5, 0.6) is 0 Å². The van der Waals surface area contributed by atoms with Gasteiger partial charge >= 0.3 is 0 Å². The van der Waals surface area contributed by atoms with Gasteiger partial charge in [-0.3, -0.25) is 19.7 Å². The van der Waals surface area contributed by atoms with Crippen LogP contribution >= 0.6 is 0 Å². The van der Waals surface area contributed by atoms with Crippen molar-refractivity contribution in [3.8, 4) is 0 Å². The summed E-state index contributed by atoms with van der Waals surface area (Å²) >= 11 is 0. The van der Waals surface area contributed by atoms with Gasteiger partial charge in [0.15, 0.2) is 0 Å². The molecule has 2 amide bonds. The number of nitrogens with zero attached hydrogens (tertiary/aromatic N) is 1. The molecule has 0 aromatic heterocycles. The van der Waals surface area contributed by atoms with Gasteiger partial charge in [0.1, 0.15) is 17.1 Å². The zero-order valence-electron chi connectivity index (χ0n) is 9.68. The molecule has 0 heterocycles. The number of anilines is 1. The molecule has 0 saturated heterocycles. The minimum Gasteiger partial charge on any atom is -0.392 e. The first-order chi connectivity index (χ1) is 8.84. The molecular weight excluding hydrogens is 259 g/mol. The second-order valence-electron chi connectivity index (χ2n) is 3.58. The molecule has 0 fully saturated rings. The molecule has 1 rings (SSSR count). The first-order valence-corrected chi connectivity index (χ1v) is 5.13. The van der Waals surface area contributed by atoms with E-state index in [1.165, 1.54) is 0 Å². The zero-order chi connectivity index (χ0) is 14.6. The zero-order valence-corrected chi connectivity index (χ0v) is 9.68. The molecule has 9 heteroatoms. The van der Waals surface area contributed by atoms with Crippen molar-refractivity contribution in [2.75, 3.05) is 12.3 Å². The first kappa shape index (κ1) is 14.4. The fourth-order valence-corrected chi connectivity index (χ4v) is 1.36. The van der Waals surface area contributed by atoms with E-state index in [1.807, 2.05) is 0 Å². The van der Waals surface area contributed by atoms with Crippen molar-refractivity contribution in [2.45, 2.75) is 6.42 Å². The Balaban J connectivity index is 2.99. The summed E-state index contributed by atoms with van der Waals surface area (Å²) in [7, 11) is 0. The molecule has 0 bridgehead atoms. The largest absolute Gasteiger partial charge is 0.392 e. The normalized spacial score (nSPS) is 9.95. The monoisotopic (exact) mass is 270 g/mol. The molecule has 1 aromatic rings. The highest BCUT2D eigenvalue weighted by molar-refractivity contribution is 6.01. The van der Waals surface area contributed by atoms with Crippen LogP contribution in [0, 0.1) is 15.9 Å². The molecule has 19 heavy (non-hydrogen) atoms. The Kier molecular flexibility index (Phi) is 4.35. The highest BCUT2D eigenvalue weighted by Gasteiger charge is 2.23. The number of nitrogens with one attached hydrogen (secondary N) is 1. The van der Waals surface area contributed by atoms with Gasteiger partial charge in [0.05, 0.1) is 4.92 Å². The molecule has 0 aliphatic heterocycles. The number of nitrogen functional groups attached to an aromatic ring is 1. The minimum absolute atomic E-state index is 0.115. The summed E-state index contributed by atoms with van der Waals surface area (Å²) in [6, 6.07) is 1.64. The van der Waals surface area contributed by atoms with Crippen molar-refractivity contribution in [3.05, 3.63) is 33.6 Å². The minimum atomic E-state index is -0.986. The van der Waals surface area contributed by atoms with Gasteiger partial charge in [-0.15, -0.1) is 0 Å². The number of carbonyl (C=O) groups excluding carboxylic acids is 2. The van der Waals surface area contributed by atoms with Gasteiger partial charge in [0, 0.05) is 19.0 Å². The number of hydrogen-bond donors (Lipinski definition) is 3. The molecule has 0 radical (unpaired) electrons. The number of carbonyl (C=O) groups is 2. The van der Waals surface area contributed by atoms with Crippen molar-refractivity contribution < 1.29 is 18.9 Å². The number of primary amides is 1. The Hall–Kier alpha value is -2.71. The lowest BCUT2D eigenvalue weighted by atomic mass is 10.1. The van der Waals surface area contributed by atoms with Crippen LogP contribution < -0.4 is 16.8 Å². The number of halogens is 1. The Bertz CT molecular complexity index is 547. The lowest BCUT2D eigenvalue weighted by Crippen LogP contribution is -2.29. The number of rotatable bonds is 5. The summed E-state index contributed by atoms with van der Waals surface area (Å²) < 4.78 is 13.5. The lowest BCUT2D eigenvalue weighted by Gasteiger charge is -2.08. The smallest absolute Gasteiger partial charge is 0.293 e. The third kappa shape index (κ3) is 3.37. The molecule has 0 aliphatic rings. The average molecular weight is 270 g/mol. The van der Waals surface area contributed by atoms with E-state index in [1.54, 1.807) is 0 Å². The van der Waals surface area contributed by atoms with Gasteiger partial charge in [-0.2, -0.15) is 0 Å². The van der Waals surface area contributed by atoms with Crippen LogP contribution in [0.3, 0.4) is 0 Å². The predicted octanol–water partition coefficient (Wildman–Crippen LogP) is -0.0787. The molecule has 8 nitrogen and oxygen atoms in total. The third-order valence-electron chi connectivity index (χ3n) is 2.25. The SMILES string of the molecule is NC(=O)CCNC(=O)c1c(F)ccc([N+](=O)[O-])c1N. The molecule has 1 aromatic carbocycles. The Morgan fingerprint density at radius 3 is 2.58 bits per heavy atom. The van der Waals surface area contributed by atoms with Crippen LogP contribution in [0.1, 0.15) is 16.8 Å². The van der Waals surface area contributed by atoms with E-state index < -0.39 is 39.5 Å². The molecule has 0 saturated carbocycles. The molecule has 0 atom stereocenters. The van der Waals surface area contributed by atoms with Crippen LogP contribution in [-0.2, 0) is 4.79 Å². The van der Waals surface area contributed by atoms with E-state index in [9.17, 15) is 24.1 Å². The maximum atomic E-state index is 13.5. The van der Waals surface area contributed by atoms with E-state index >= 15 is 0 Å². The fraction of sp³-hybridized carbons (Fsp3) is 0.200. The van der Waals surface area contributed by atoms with Crippen LogP contribution in [0.15, 0.2) is 12.1 Å². The average Bonchev–Trinajstić information content (AvgIpc) is 2.27. The topological polar surface area (TPSA) is 141 Å². The van der Waals surface area contributed by atoms with E-state index in [0.717, 1.165) is 12.1 Å². The third-order valence-corrected chi connectivity index (χ3v) is 2.25. The second kappa shape index (κ2) is 5.76. The molecule has 0 spiro atoms. The first-order valence-electron chi connectivity index (χ1n) is 5.13. The van der Waals surface area contributed by atoms with E-state index in [4.69, 9.17) is 11.5 Å². The van der Waals surface area contributed by atoms with Crippen LogP contribution in [0.25, 0.3) is 0 Å². The van der Waals surface area contributed by atoms with Gasteiger partial charge in [-0.25, -0.2) is 4.39 Å². The van der Waals surface area contributed by atoms with Crippen molar-refractivity contribution >= 4 is 23.2 Å². The Labute approximate surface area is 106 Å². The van der Waals surface area contributed by atoms with Crippen molar-refractivity contribution in [2.24, 2.45) is 5.73 Å². The second-order valence-corrected chi connectivity index (χ2v) is 3.58. The summed E-state index contributed by atoms with van der Waals surface area (Å²) in [5, 5.41) is 12.8. The highest BCUT2D eigenvalue weighted by Crippen LogP contribution is 2.27. The standard InChI is InChI=1S/C10H11FN4O4/c11-5-1-2-6(15(18)19)9(13)8(5)10(17)14-4-3-7(12)16/h1-2H,3-4,13H2,(H2,12,16)(H,14,17). The number of nitrogens with two attached hydrogens (primary N) is 2.